The zero-order valence-electron chi connectivity index (χ0n) is 14.9. The van der Waals surface area contributed by atoms with Crippen LogP contribution in [0.3, 0.4) is 0 Å². The summed E-state index contributed by atoms with van der Waals surface area (Å²) < 4.78 is 7.56. The number of hydrogen-bond acceptors (Lipinski definition) is 3. The van der Waals surface area contributed by atoms with Gasteiger partial charge in [-0.25, -0.2) is 4.79 Å². The molecule has 0 spiro atoms. The first-order valence-corrected chi connectivity index (χ1v) is 8.90. The monoisotopic (exact) mass is 342 g/mol. The largest absolute Gasteiger partial charge is 0.374 e. The minimum Gasteiger partial charge on any atom is -0.374 e. The van der Waals surface area contributed by atoms with E-state index in [2.05, 4.69) is 29.5 Å². The molecule has 6 nitrogen and oxygen atoms in total. The fourth-order valence-corrected chi connectivity index (χ4v) is 3.11. The Kier molecular flexibility index (Phi) is 5.71. The van der Waals surface area contributed by atoms with E-state index in [4.69, 9.17) is 4.74 Å². The first kappa shape index (κ1) is 17.5. The van der Waals surface area contributed by atoms with Crippen molar-refractivity contribution in [2.24, 2.45) is 7.05 Å². The van der Waals surface area contributed by atoms with E-state index in [1.54, 1.807) is 4.68 Å². The molecule has 1 N–H and O–H groups in total. The Morgan fingerprint density at radius 1 is 1.36 bits per heavy atom. The lowest BCUT2D eigenvalue weighted by atomic mass is 10.1. The third-order valence-electron chi connectivity index (χ3n) is 4.40. The van der Waals surface area contributed by atoms with Crippen LogP contribution in [0.5, 0.6) is 0 Å². The molecule has 0 radical (unpaired) electrons. The average molecular weight is 342 g/mol. The molecule has 2 amide bonds. The van der Waals surface area contributed by atoms with Gasteiger partial charge in [0.2, 0.25) is 0 Å². The number of morpholine rings is 1. The van der Waals surface area contributed by atoms with Crippen molar-refractivity contribution in [1.29, 1.82) is 0 Å². The van der Waals surface area contributed by atoms with E-state index < -0.39 is 0 Å². The molecule has 0 aliphatic carbocycles. The van der Waals surface area contributed by atoms with E-state index in [0.717, 1.165) is 30.8 Å². The number of nitrogens with zero attached hydrogens (tertiary/aromatic N) is 3. The Bertz CT molecular complexity index is 699. The van der Waals surface area contributed by atoms with Crippen LogP contribution in [0.15, 0.2) is 36.4 Å². The molecule has 3 rings (SSSR count). The van der Waals surface area contributed by atoms with Gasteiger partial charge in [0.1, 0.15) is 5.82 Å². The second-order valence-electron chi connectivity index (χ2n) is 6.45. The Morgan fingerprint density at radius 3 is 2.92 bits per heavy atom. The summed E-state index contributed by atoms with van der Waals surface area (Å²) in [5.41, 5.74) is 2.23. The molecule has 0 bridgehead atoms. The van der Waals surface area contributed by atoms with Crippen molar-refractivity contribution in [2.45, 2.75) is 32.3 Å². The molecule has 25 heavy (non-hydrogen) atoms. The Hall–Kier alpha value is -2.34. The van der Waals surface area contributed by atoms with Gasteiger partial charge >= 0.3 is 6.03 Å². The molecular formula is C19H26N4O2. The van der Waals surface area contributed by atoms with Crippen molar-refractivity contribution in [2.75, 3.05) is 25.0 Å². The number of aromatic nitrogens is 2. The molecule has 0 unspecified atom stereocenters. The van der Waals surface area contributed by atoms with E-state index in [-0.39, 0.29) is 12.1 Å². The van der Waals surface area contributed by atoms with Gasteiger partial charge < -0.3 is 9.64 Å². The summed E-state index contributed by atoms with van der Waals surface area (Å²) in [6.45, 7) is 3.89. The Labute approximate surface area is 148 Å². The minimum absolute atomic E-state index is 0.0316. The fourth-order valence-electron chi connectivity index (χ4n) is 3.11. The van der Waals surface area contributed by atoms with Crippen LogP contribution in [0, 0.1) is 0 Å². The van der Waals surface area contributed by atoms with Gasteiger partial charge in [-0.2, -0.15) is 5.10 Å². The summed E-state index contributed by atoms with van der Waals surface area (Å²) in [4.78, 5) is 14.4. The molecule has 1 aliphatic heterocycles. The predicted octanol–water partition coefficient (Wildman–Crippen LogP) is 2.85. The second-order valence-corrected chi connectivity index (χ2v) is 6.45. The predicted molar refractivity (Wildman–Crippen MR) is 97.7 cm³/mol. The summed E-state index contributed by atoms with van der Waals surface area (Å²) >= 11 is 0. The van der Waals surface area contributed by atoms with E-state index in [1.165, 1.54) is 5.56 Å². The number of urea groups is 1. The van der Waals surface area contributed by atoms with Gasteiger partial charge in [-0.15, -0.1) is 0 Å². The van der Waals surface area contributed by atoms with Gasteiger partial charge in [0.15, 0.2) is 0 Å². The molecule has 0 saturated carbocycles. The highest BCUT2D eigenvalue weighted by Gasteiger charge is 2.25. The zero-order chi connectivity index (χ0) is 17.6. The highest BCUT2D eigenvalue weighted by atomic mass is 16.5. The van der Waals surface area contributed by atoms with Crippen molar-refractivity contribution in [1.82, 2.24) is 14.7 Å². The lowest BCUT2D eigenvalue weighted by Crippen LogP contribution is -2.48. The number of rotatable bonds is 5. The summed E-state index contributed by atoms with van der Waals surface area (Å²) in [6.07, 6.45) is 2.80. The van der Waals surface area contributed by atoms with Crippen LogP contribution in [0.25, 0.3) is 0 Å². The Balaban J connectivity index is 1.58. The number of aryl methyl sites for hydroxylation is 2. The number of carbonyl (C=O) groups is 1. The van der Waals surface area contributed by atoms with E-state index in [0.29, 0.717) is 19.7 Å². The topological polar surface area (TPSA) is 59.4 Å². The first-order chi connectivity index (χ1) is 12.2. The van der Waals surface area contributed by atoms with Crippen LogP contribution in [-0.2, 0) is 24.6 Å². The maximum Gasteiger partial charge on any atom is 0.323 e. The number of ether oxygens (including phenoxy) is 1. The van der Waals surface area contributed by atoms with Crippen LogP contribution in [0.1, 0.15) is 24.6 Å². The van der Waals surface area contributed by atoms with E-state index in [9.17, 15) is 4.79 Å². The number of benzene rings is 1. The van der Waals surface area contributed by atoms with Crippen molar-refractivity contribution in [3.63, 3.8) is 0 Å². The third-order valence-corrected chi connectivity index (χ3v) is 4.40. The number of carbonyl (C=O) groups excluding carboxylic acids is 1. The Morgan fingerprint density at radius 2 is 2.16 bits per heavy atom. The molecular weight excluding hydrogens is 316 g/mol. The van der Waals surface area contributed by atoms with E-state index in [1.807, 2.05) is 36.2 Å². The normalized spacial score (nSPS) is 17.5. The number of amides is 2. The van der Waals surface area contributed by atoms with E-state index >= 15 is 0 Å². The number of nitrogens with one attached hydrogen (secondary N) is 1. The highest BCUT2D eigenvalue weighted by molar-refractivity contribution is 5.88. The van der Waals surface area contributed by atoms with Crippen LogP contribution in [-0.4, -0.2) is 46.5 Å². The van der Waals surface area contributed by atoms with Gasteiger partial charge in [-0.1, -0.05) is 43.7 Å². The highest BCUT2D eigenvalue weighted by Crippen LogP contribution is 2.15. The summed E-state index contributed by atoms with van der Waals surface area (Å²) in [6, 6.07) is 12.1. The van der Waals surface area contributed by atoms with Crippen LogP contribution >= 0.6 is 0 Å². The van der Waals surface area contributed by atoms with Crippen LogP contribution < -0.4 is 5.32 Å². The summed E-state index contributed by atoms with van der Waals surface area (Å²) in [7, 11) is 1.85. The van der Waals surface area contributed by atoms with Gasteiger partial charge in [0.25, 0.3) is 0 Å². The molecule has 1 aromatic carbocycles. The van der Waals surface area contributed by atoms with Gasteiger partial charge in [0.05, 0.1) is 18.4 Å². The van der Waals surface area contributed by atoms with Crippen molar-refractivity contribution >= 4 is 11.8 Å². The zero-order valence-corrected chi connectivity index (χ0v) is 14.9. The molecule has 6 heteroatoms. The molecule has 1 fully saturated rings. The smallest absolute Gasteiger partial charge is 0.323 e. The van der Waals surface area contributed by atoms with Crippen molar-refractivity contribution in [3.05, 3.63) is 47.7 Å². The molecule has 2 heterocycles. The quantitative estimate of drug-likeness (QED) is 0.909. The van der Waals surface area contributed by atoms with Crippen LogP contribution in [0.4, 0.5) is 10.6 Å². The molecule has 1 aliphatic rings. The summed E-state index contributed by atoms with van der Waals surface area (Å²) in [5.74, 6) is 0.736. The minimum atomic E-state index is -0.0904. The number of hydrogen-bond donors (Lipinski definition) is 1. The third kappa shape index (κ3) is 4.60. The molecule has 1 atom stereocenters. The van der Waals surface area contributed by atoms with Gasteiger partial charge in [-0.3, -0.25) is 10.00 Å². The maximum atomic E-state index is 12.6. The lowest BCUT2D eigenvalue weighted by molar-refractivity contribution is -0.0113. The van der Waals surface area contributed by atoms with Gasteiger partial charge in [0, 0.05) is 32.6 Å². The van der Waals surface area contributed by atoms with Crippen molar-refractivity contribution < 1.29 is 9.53 Å². The lowest BCUT2D eigenvalue weighted by Gasteiger charge is -2.33. The standard InChI is InChI=1S/C19H26N4O2/c1-3-7-16-13-18(22(2)21-16)20-19(24)23-10-11-25-17(14-23)12-15-8-5-4-6-9-15/h4-6,8-9,13,17H,3,7,10-12,14H2,1-2H3,(H,20,24)/t17-/m1/s1. The van der Waals surface area contributed by atoms with Gasteiger partial charge in [-0.05, 0) is 12.0 Å². The van der Waals surface area contributed by atoms with Crippen molar-refractivity contribution in [3.8, 4) is 0 Å². The SMILES string of the molecule is CCCc1cc(NC(=O)N2CCO[C@H](Cc3ccccc3)C2)n(C)n1. The maximum absolute atomic E-state index is 12.6. The molecule has 2 aromatic rings. The second kappa shape index (κ2) is 8.16. The number of anilines is 1. The average Bonchev–Trinajstić information content (AvgIpc) is 2.95. The molecule has 134 valence electrons. The fraction of sp³-hybridized carbons (Fsp3) is 0.474. The molecule has 1 aromatic heterocycles. The first-order valence-electron chi connectivity index (χ1n) is 8.90. The summed E-state index contributed by atoms with van der Waals surface area (Å²) in [5, 5.41) is 7.40. The molecule has 1 saturated heterocycles. The van der Waals surface area contributed by atoms with Crippen LogP contribution in [0.2, 0.25) is 0 Å².